The van der Waals surface area contributed by atoms with E-state index in [1.54, 1.807) is 11.8 Å². The summed E-state index contributed by atoms with van der Waals surface area (Å²) < 4.78 is 5.35. The maximum Gasteiger partial charge on any atom is 0.410 e. The summed E-state index contributed by atoms with van der Waals surface area (Å²) in [5.74, 6) is 0.207. The Labute approximate surface area is 115 Å². The fraction of sp³-hybridized carbons (Fsp3) is 0.857. The van der Waals surface area contributed by atoms with E-state index in [2.05, 4.69) is 5.32 Å². The van der Waals surface area contributed by atoms with Crippen molar-refractivity contribution in [3.63, 3.8) is 0 Å². The molecule has 1 fully saturated rings. The zero-order valence-electron chi connectivity index (χ0n) is 12.5. The second-order valence-electron chi connectivity index (χ2n) is 6.15. The molecule has 1 N–H and O–H groups in total. The van der Waals surface area contributed by atoms with Gasteiger partial charge in [0.1, 0.15) is 11.4 Å². The molecule has 0 spiro atoms. The molecule has 5 heteroatoms. The summed E-state index contributed by atoms with van der Waals surface area (Å²) in [5.41, 5.74) is -0.437. The van der Waals surface area contributed by atoms with E-state index in [0.29, 0.717) is 25.6 Å². The van der Waals surface area contributed by atoms with Crippen LogP contribution in [-0.2, 0) is 9.53 Å². The second-order valence-corrected chi connectivity index (χ2v) is 6.15. The van der Waals surface area contributed by atoms with E-state index in [1.165, 1.54) is 0 Å². The number of ketones is 1. The number of nitrogens with zero attached hydrogens (tertiary/aromatic N) is 1. The zero-order chi connectivity index (χ0) is 14.5. The molecule has 0 unspecified atom stereocenters. The fourth-order valence-corrected chi connectivity index (χ4v) is 2.04. The lowest BCUT2D eigenvalue weighted by Gasteiger charge is -2.33. The Hall–Kier alpha value is -1.10. The molecule has 1 saturated heterocycles. The number of rotatable bonds is 4. The Balaban J connectivity index is 2.25. The van der Waals surface area contributed by atoms with Crippen molar-refractivity contribution in [2.45, 2.75) is 58.6 Å². The van der Waals surface area contributed by atoms with Crippen LogP contribution in [0.3, 0.4) is 0 Å². The number of hydrogen-bond acceptors (Lipinski definition) is 4. The number of amides is 1. The Bertz CT molecular complexity index is 315. The lowest BCUT2D eigenvalue weighted by molar-refractivity contribution is -0.116. The van der Waals surface area contributed by atoms with Gasteiger partial charge in [-0.1, -0.05) is 0 Å². The van der Waals surface area contributed by atoms with Crippen LogP contribution in [-0.4, -0.2) is 48.1 Å². The molecule has 1 amide bonds. The lowest BCUT2D eigenvalue weighted by atomic mass is 10.1. The third-order valence-corrected chi connectivity index (χ3v) is 3.06. The van der Waals surface area contributed by atoms with Crippen LogP contribution in [0.1, 0.15) is 47.0 Å². The molecule has 0 atom stereocenters. The Kier molecular flexibility index (Phi) is 5.79. The summed E-state index contributed by atoms with van der Waals surface area (Å²) in [4.78, 5) is 24.5. The van der Waals surface area contributed by atoms with Gasteiger partial charge >= 0.3 is 6.09 Å². The van der Waals surface area contributed by atoms with Gasteiger partial charge in [-0.25, -0.2) is 4.79 Å². The number of carbonyl (C=O) groups is 2. The van der Waals surface area contributed by atoms with Gasteiger partial charge in [0.25, 0.3) is 0 Å². The molecule has 0 aliphatic carbocycles. The van der Waals surface area contributed by atoms with Crippen LogP contribution in [0.15, 0.2) is 0 Å². The number of hydrogen-bond donors (Lipinski definition) is 1. The minimum atomic E-state index is -0.437. The van der Waals surface area contributed by atoms with Crippen molar-refractivity contribution in [1.82, 2.24) is 10.2 Å². The molecular weight excluding hydrogens is 244 g/mol. The molecule has 1 aliphatic heterocycles. The van der Waals surface area contributed by atoms with Gasteiger partial charge in [-0.15, -0.1) is 0 Å². The van der Waals surface area contributed by atoms with E-state index >= 15 is 0 Å². The van der Waals surface area contributed by atoms with Gasteiger partial charge in [-0.3, -0.25) is 4.79 Å². The highest BCUT2D eigenvalue weighted by atomic mass is 16.6. The van der Waals surface area contributed by atoms with Gasteiger partial charge in [0.15, 0.2) is 0 Å². The first-order valence-electron chi connectivity index (χ1n) is 6.98. The number of nitrogens with one attached hydrogen (secondary N) is 1. The van der Waals surface area contributed by atoms with E-state index in [4.69, 9.17) is 4.74 Å². The third-order valence-electron chi connectivity index (χ3n) is 3.06. The predicted molar refractivity (Wildman–Crippen MR) is 74.1 cm³/mol. The van der Waals surface area contributed by atoms with Gasteiger partial charge in [-0.05, 0) is 40.5 Å². The molecule has 1 rings (SSSR count). The maximum absolute atomic E-state index is 11.9. The highest BCUT2D eigenvalue weighted by molar-refractivity contribution is 5.75. The lowest BCUT2D eigenvalue weighted by Crippen LogP contribution is -2.46. The molecular formula is C14H26N2O3. The van der Waals surface area contributed by atoms with Crippen LogP contribution >= 0.6 is 0 Å². The molecule has 0 bridgehead atoms. The van der Waals surface area contributed by atoms with Crippen molar-refractivity contribution < 1.29 is 14.3 Å². The summed E-state index contributed by atoms with van der Waals surface area (Å²) >= 11 is 0. The van der Waals surface area contributed by atoms with Crippen LogP contribution in [0.25, 0.3) is 0 Å². The highest BCUT2D eigenvalue weighted by Gasteiger charge is 2.26. The van der Waals surface area contributed by atoms with Crippen molar-refractivity contribution in [1.29, 1.82) is 0 Å². The second kappa shape index (κ2) is 6.89. The molecule has 0 aromatic rings. The fourth-order valence-electron chi connectivity index (χ4n) is 2.04. The first kappa shape index (κ1) is 16.0. The molecule has 5 nitrogen and oxygen atoms in total. The number of carbonyl (C=O) groups excluding carboxylic acids is 2. The van der Waals surface area contributed by atoms with E-state index in [-0.39, 0.29) is 11.9 Å². The average molecular weight is 270 g/mol. The number of likely N-dealkylation sites (tertiary alicyclic amines) is 1. The topological polar surface area (TPSA) is 58.6 Å². The molecule has 0 radical (unpaired) electrons. The van der Waals surface area contributed by atoms with Crippen LogP contribution in [0, 0.1) is 0 Å². The smallest absolute Gasteiger partial charge is 0.410 e. The van der Waals surface area contributed by atoms with Crippen LogP contribution in [0.5, 0.6) is 0 Å². The van der Waals surface area contributed by atoms with Crippen molar-refractivity contribution in [2.24, 2.45) is 0 Å². The molecule has 110 valence electrons. The number of Topliss-reactive ketones (excluding diaryl/α,β-unsaturated/α-hetero) is 1. The molecule has 1 heterocycles. The highest BCUT2D eigenvalue weighted by Crippen LogP contribution is 2.15. The minimum Gasteiger partial charge on any atom is -0.444 e. The van der Waals surface area contributed by atoms with Crippen molar-refractivity contribution in [3.05, 3.63) is 0 Å². The molecule has 19 heavy (non-hydrogen) atoms. The van der Waals surface area contributed by atoms with Crippen molar-refractivity contribution in [2.75, 3.05) is 19.6 Å². The van der Waals surface area contributed by atoms with Gasteiger partial charge in [0.05, 0.1) is 0 Å². The van der Waals surface area contributed by atoms with Crippen LogP contribution in [0.4, 0.5) is 4.79 Å². The first-order chi connectivity index (χ1) is 8.78. The monoisotopic (exact) mass is 270 g/mol. The summed E-state index contributed by atoms with van der Waals surface area (Å²) in [7, 11) is 0. The van der Waals surface area contributed by atoms with Gasteiger partial charge in [0, 0.05) is 32.1 Å². The average Bonchev–Trinajstić information content (AvgIpc) is 2.27. The van der Waals surface area contributed by atoms with E-state index in [1.807, 2.05) is 20.8 Å². The largest absolute Gasteiger partial charge is 0.444 e. The number of ether oxygens (including phenoxy) is 1. The van der Waals surface area contributed by atoms with Gasteiger partial charge < -0.3 is 15.0 Å². The van der Waals surface area contributed by atoms with Crippen molar-refractivity contribution >= 4 is 11.9 Å². The SMILES string of the molecule is CC(=O)CCNC1CCN(C(=O)OC(C)(C)C)CC1. The Morgan fingerprint density at radius 2 is 1.84 bits per heavy atom. The van der Waals surface area contributed by atoms with Gasteiger partial charge in [-0.2, -0.15) is 0 Å². The van der Waals surface area contributed by atoms with Crippen molar-refractivity contribution in [3.8, 4) is 0 Å². The van der Waals surface area contributed by atoms with Gasteiger partial charge in [0.2, 0.25) is 0 Å². The standard InChI is InChI=1S/C14H26N2O3/c1-11(17)5-8-15-12-6-9-16(10-7-12)13(18)19-14(2,3)4/h12,15H,5-10H2,1-4H3. The zero-order valence-corrected chi connectivity index (χ0v) is 12.5. The molecule has 0 aromatic heterocycles. The summed E-state index contributed by atoms with van der Waals surface area (Å²) in [6.07, 6.45) is 2.18. The Morgan fingerprint density at radius 3 is 2.32 bits per heavy atom. The summed E-state index contributed by atoms with van der Waals surface area (Å²) in [5, 5.41) is 3.36. The van der Waals surface area contributed by atoms with E-state index in [0.717, 1.165) is 19.4 Å². The quantitative estimate of drug-likeness (QED) is 0.848. The molecule has 1 aliphatic rings. The third kappa shape index (κ3) is 6.57. The summed E-state index contributed by atoms with van der Waals surface area (Å²) in [6.45, 7) is 9.39. The maximum atomic E-state index is 11.9. The number of piperidine rings is 1. The van der Waals surface area contributed by atoms with E-state index in [9.17, 15) is 9.59 Å². The predicted octanol–water partition coefficient (Wildman–Crippen LogP) is 1.95. The van der Waals surface area contributed by atoms with Crippen LogP contribution in [0.2, 0.25) is 0 Å². The Morgan fingerprint density at radius 1 is 1.26 bits per heavy atom. The molecule has 0 saturated carbocycles. The molecule has 0 aromatic carbocycles. The first-order valence-corrected chi connectivity index (χ1v) is 6.98. The van der Waals surface area contributed by atoms with Crippen LogP contribution < -0.4 is 5.32 Å². The van der Waals surface area contributed by atoms with E-state index < -0.39 is 5.60 Å². The summed E-state index contributed by atoms with van der Waals surface area (Å²) in [6, 6.07) is 0.401. The normalized spacial score (nSPS) is 17.4. The minimum absolute atomic E-state index is 0.207.